The zero-order chi connectivity index (χ0) is 33.7. The second kappa shape index (κ2) is 12.1. The van der Waals surface area contributed by atoms with Crippen LogP contribution in [0, 0.1) is 0 Å². The van der Waals surface area contributed by atoms with Crippen LogP contribution >= 0.6 is 11.3 Å². The van der Waals surface area contributed by atoms with E-state index in [1.807, 2.05) is 78.2 Å². The molecule has 10 rings (SSSR count). The van der Waals surface area contributed by atoms with Gasteiger partial charge in [-0.2, -0.15) is 0 Å². The van der Waals surface area contributed by atoms with Gasteiger partial charge in [0.25, 0.3) is 0 Å². The molecule has 238 valence electrons. The Bertz CT molecular complexity index is 2860. The first-order valence-electron chi connectivity index (χ1n) is 17.0. The number of thiophene rings is 1. The molecule has 0 aliphatic carbocycles. The van der Waals surface area contributed by atoms with Gasteiger partial charge in [-0.05, 0) is 52.4 Å². The van der Waals surface area contributed by atoms with Crippen molar-refractivity contribution in [2.24, 2.45) is 0 Å². The lowest BCUT2D eigenvalue weighted by Crippen LogP contribution is -2.00. The molecule has 0 saturated heterocycles. The van der Waals surface area contributed by atoms with Crippen LogP contribution in [0.3, 0.4) is 0 Å². The van der Waals surface area contributed by atoms with Gasteiger partial charge in [0.05, 0.1) is 5.52 Å². The van der Waals surface area contributed by atoms with Gasteiger partial charge < -0.3 is 0 Å². The van der Waals surface area contributed by atoms with Crippen LogP contribution < -0.4 is 0 Å². The molecular formula is C46H28N4S. The molecule has 0 saturated carbocycles. The van der Waals surface area contributed by atoms with Crippen molar-refractivity contribution in [3.63, 3.8) is 0 Å². The molecule has 0 spiro atoms. The second-order valence-corrected chi connectivity index (χ2v) is 13.7. The van der Waals surface area contributed by atoms with Crippen molar-refractivity contribution in [2.45, 2.75) is 0 Å². The van der Waals surface area contributed by atoms with Gasteiger partial charge in [-0.1, -0.05) is 133 Å². The molecule has 51 heavy (non-hydrogen) atoms. The Hall–Kier alpha value is -6.56. The monoisotopic (exact) mass is 668 g/mol. The summed E-state index contributed by atoms with van der Waals surface area (Å²) in [6.45, 7) is 0. The van der Waals surface area contributed by atoms with Crippen LogP contribution in [0.1, 0.15) is 0 Å². The number of nitrogens with zero attached hydrogens (tertiary/aromatic N) is 4. The van der Waals surface area contributed by atoms with Crippen LogP contribution in [0.2, 0.25) is 0 Å². The third-order valence-electron chi connectivity index (χ3n) is 9.53. The fourth-order valence-corrected chi connectivity index (χ4v) is 8.23. The smallest absolute Gasteiger partial charge is 0.164 e. The predicted molar refractivity (Wildman–Crippen MR) is 213 cm³/mol. The maximum absolute atomic E-state index is 5.02. The zero-order valence-corrected chi connectivity index (χ0v) is 28.2. The zero-order valence-electron chi connectivity index (χ0n) is 27.4. The fourth-order valence-electron chi connectivity index (χ4n) is 7.01. The lowest BCUT2D eigenvalue weighted by Gasteiger charge is -2.12. The fraction of sp³-hybridized carbons (Fsp3) is 0. The molecule has 0 aliphatic heterocycles. The predicted octanol–water partition coefficient (Wildman–Crippen LogP) is 12.3. The van der Waals surface area contributed by atoms with Gasteiger partial charge in [0.2, 0.25) is 0 Å². The molecule has 0 aliphatic rings. The average molecular weight is 669 g/mol. The second-order valence-electron chi connectivity index (χ2n) is 12.7. The minimum atomic E-state index is 0.640. The van der Waals surface area contributed by atoms with E-state index >= 15 is 0 Å². The topological polar surface area (TPSA) is 51.6 Å². The normalized spacial score (nSPS) is 11.5. The molecule has 10 aromatic rings. The summed E-state index contributed by atoms with van der Waals surface area (Å²) in [6, 6.07) is 57.3. The largest absolute Gasteiger partial charge is 0.256 e. The maximum Gasteiger partial charge on any atom is 0.164 e. The van der Waals surface area contributed by atoms with Gasteiger partial charge in [0, 0.05) is 59.4 Å². The van der Waals surface area contributed by atoms with Gasteiger partial charge in [-0.25, -0.2) is 15.0 Å². The minimum absolute atomic E-state index is 0.640. The number of aromatic nitrogens is 4. The van der Waals surface area contributed by atoms with E-state index in [9.17, 15) is 0 Å². The highest BCUT2D eigenvalue weighted by molar-refractivity contribution is 7.26. The summed E-state index contributed by atoms with van der Waals surface area (Å²) in [4.78, 5) is 19.8. The molecule has 7 aromatic carbocycles. The molecule has 0 fully saturated rings. The van der Waals surface area contributed by atoms with Crippen LogP contribution in [0.4, 0.5) is 0 Å². The van der Waals surface area contributed by atoms with Gasteiger partial charge in [-0.3, -0.25) is 4.98 Å². The van der Waals surface area contributed by atoms with Crippen molar-refractivity contribution < 1.29 is 0 Å². The molecule has 0 unspecified atom stereocenters. The van der Waals surface area contributed by atoms with Gasteiger partial charge >= 0.3 is 0 Å². The van der Waals surface area contributed by atoms with E-state index in [-0.39, 0.29) is 0 Å². The Kier molecular flexibility index (Phi) is 6.96. The molecule has 0 amide bonds. The average Bonchev–Trinajstić information content (AvgIpc) is 3.59. The summed E-state index contributed by atoms with van der Waals surface area (Å²) in [5.41, 5.74) is 8.41. The molecule has 3 heterocycles. The SMILES string of the molecule is c1ccc(-c2nc(-c3ccccc3)nc(-c3cccc(-c4cc(-c5ccc6c(c5)ncc5ccccc56)cc5c4sc4ccccc45)c3)n2)cc1. The standard InChI is InChI=1S/C46H28N4S/c1-3-12-29(13-4-1)44-48-45(30-14-5-2-6-15-30)50-46(49-44)33-18-11-17-32(24-33)39-25-35(26-40-38-20-9-10-21-42(38)51-43(39)40)31-22-23-37-36-19-8-7-16-34(36)28-47-41(37)27-31/h1-28H. The Balaban J connectivity index is 1.16. The van der Waals surface area contributed by atoms with Gasteiger partial charge in [-0.15, -0.1) is 11.3 Å². The van der Waals surface area contributed by atoms with E-state index < -0.39 is 0 Å². The lowest BCUT2D eigenvalue weighted by molar-refractivity contribution is 1.07. The van der Waals surface area contributed by atoms with Crippen molar-refractivity contribution in [3.05, 3.63) is 170 Å². The molecule has 5 heteroatoms. The quantitative estimate of drug-likeness (QED) is 0.171. The number of fused-ring (bicyclic) bond motifs is 6. The Labute approximate surface area is 298 Å². The number of benzene rings is 7. The van der Waals surface area contributed by atoms with Crippen LogP contribution in [0.25, 0.3) is 98.3 Å². The van der Waals surface area contributed by atoms with Crippen molar-refractivity contribution in [1.29, 1.82) is 0 Å². The van der Waals surface area contributed by atoms with E-state index in [1.54, 1.807) is 0 Å². The number of hydrogen-bond acceptors (Lipinski definition) is 5. The highest BCUT2D eigenvalue weighted by Crippen LogP contribution is 2.43. The third kappa shape index (κ3) is 5.23. The van der Waals surface area contributed by atoms with Crippen LogP contribution in [0.15, 0.2) is 170 Å². The van der Waals surface area contributed by atoms with E-state index in [4.69, 9.17) is 19.9 Å². The van der Waals surface area contributed by atoms with Crippen LogP contribution in [-0.4, -0.2) is 19.9 Å². The van der Waals surface area contributed by atoms with Crippen molar-refractivity contribution >= 4 is 53.2 Å². The number of rotatable bonds is 5. The number of hydrogen-bond donors (Lipinski definition) is 0. The summed E-state index contributed by atoms with van der Waals surface area (Å²) in [7, 11) is 0. The summed E-state index contributed by atoms with van der Waals surface area (Å²) >= 11 is 1.84. The van der Waals surface area contributed by atoms with E-state index in [2.05, 4.69) is 103 Å². The molecule has 0 N–H and O–H groups in total. The van der Waals surface area contributed by atoms with E-state index in [1.165, 1.54) is 31.1 Å². The van der Waals surface area contributed by atoms with E-state index in [0.717, 1.165) is 49.7 Å². The molecule has 0 atom stereocenters. The Morgan fingerprint density at radius 2 is 1.00 bits per heavy atom. The maximum atomic E-state index is 5.02. The molecule has 3 aromatic heterocycles. The van der Waals surface area contributed by atoms with Gasteiger partial charge in [0.1, 0.15) is 0 Å². The molecule has 0 bridgehead atoms. The molecular weight excluding hydrogens is 641 g/mol. The Morgan fingerprint density at radius 1 is 0.373 bits per heavy atom. The highest BCUT2D eigenvalue weighted by atomic mass is 32.1. The first-order valence-corrected chi connectivity index (χ1v) is 17.8. The van der Waals surface area contributed by atoms with Crippen LogP contribution in [-0.2, 0) is 0 Å². The number of pyridine rings is 1. The third-order valence-corrected chi connectivity index (χ3v) is 10.8. The first-order chi connectivity index (χ1) is 25.2. The Morgan fingerprint density at radius 3 is 1.76 bits per heavy atom. The van der Waals surface area contributed by atoms with Crippen molar-refractivity contribution in [2.75, 3.05) is 0 Å². The minimum Gasteiger partial charge on any atom is -0.256 e. The summed E-state index contributed by atoms with van der Waals surface area (Å²) < 4.78 is 2.53. The van der Waals surface area contributed by atoms with Crippen molar-refractivity contribution in [1.82, 2.24) is 19.9 Å². The van der Waals surface area contributed by atoms with Gasteiger partial charge in [0.15, 0.2) is 17.5 Å². The molecule has 4 nitrogen and oxygen atoms in total. The summed E-state index contributed by atoms with van der Waals surface area (Å²) in [5, 5.41) is 6.04. The van der Waals surface area contributed by atoms with Crippen molar-refractivity contribution in [3.8, 4) is 56.4 Å². The summed E-state index contributed by atoms with van der Waals surface area (Å²) in [6.07, 6.45) is 1.97. The summed E-state index contributed by atoms with van der Waals surface area (Å²) in [5.74, 6) is 1.94. The van der Waals surface area contributed by atoms with Crippen LogP contribution in [0.5, 0.6) is 0 Å². The lowest BCUT2D eigenvalue weighted by atomic mass is 9.94. The highest BCUT2D eigenvalue weighted by Gasteiger charge is 2.17. The van der Waals surface area contributed by atoms with E-state index in [0.29, 0.717) is 17.5 Å². The molecule has 0 radical (unpaired) electrons. The first kappa shape index (κ1) is 29.4.